The second-order valence-electron chi connectivity index (χ2n) is 4.28. The molecule has 0 unspecified atom stereocenters. The lowest BCUT2D eigenvalue weighted by Gasteiger charge is -2.04. The van der Waals surface area contributed by atoms with Crippen molar-refractivity contribution >= 4 is 17.4 Å². The van der Waals surface area contributed by atoms with Gasteiger partial charge in [0.25, 0.3) is 0 Å². The third kappa shape index (κ3) is 3.21. The lowest BCUT2D eigenvalue weighted by atomic mass is 10.0. The molecule has 0 saturated carbocycles. The van der Waals surface area contributed by atoms with Gasteiger partial charge in [-0.25, -0.2) is 0 Å². The summed E-state index contributed by atoms with van der Waals surface area (Å²) in [5.41, 5.74) is 2.91. The average Bonchev–Trinajstić information content (AvgIpc) is 2.39. The van der Waals surface area contributed by atoms with Crippen LogP contribution in [-0.4, -0.2) is 5.78 Å². The van der Waals surface area contributed by atoms with E-state index in [1.807, 2.05) is 48.5 Å². The molecule has 92 valence electrons. The van der Waals surface area contributed by atoms with Crippen molar-refractivity contribution in [1.29, 1.82) is 0 Å². The van der Waals surface area contributed by atoms with Crippen molar-refractivity contribution in [2.24, 2.45) is 0 Å². The van der Waals surface area contributed by atoms with Crippen molar-refractivity contribution in [3.05, 3.63) is 70.2 Å². The first-order valence-corrected chi connectivity index (χ1v) is 6.43. The summed E-state index contributed by atoms with van der Waals surface area (Å²) < 4.78 is 0. The molecule has 2 aromatic carbocycles. The van der Waals surface area contributed by atoms with Gasteiger partial charge in [0.05, 0.1) is 0 Å². The number of rotatable bonds is 4. The summed E-state index contributed by atoms with van der Waals surface area (Å²) in [6, 6.07) is 15.2. The standard InChI is InChI=1S/C16H15ClO/c1-2-12-5-3-7-14(9-12)16(18)11-13-6-4-8-15(17)10-13/h3-10H,2,11H2,1H3. The van der Waals surface area contributed by atoms with Gasteiger partial charge in [-0.05, 0) is 35.7 Å². The van der Waals surface area contributed by atoms with Crippen LogP contribution in [0.3, 0.4) is 0 Å². The van der Waals surface area contributed by atoms with E-state index >= 15 is 0 Å². The first-order valence-electron chi connectivity index (χ1n) is 6.05. The fourth-order valence-corrected chi connectivity index (χ4v) is 2.11. The van der Waals surface area contributed by atoms with Crippen LogP contribution in [-0.2, 0) is 12.8 Å². The lowest BCUT2D eigenvalue weighted by molar-refractivity contribution is 0.0993. The number of aryl methyl sites for hydroxylation is 1. The fraction of sp³-hybridized carbons (Fsp3) is 0.188. The van der Waals surface area contributed by atoms with Gasteiger partial charge in [-0.15, -0.1) is 0 Å². The van der Waals surface area contributed by atoms with Crippen molar-refractivity contribution in [1.82, 2.24) is 0 Å². The average molecular weight is 259 g/mol. The molecule has 1 nitrogen and oxygen atoms in total. The number of halogens is 1. The molecule has 0 radical (unpaired) electrons. The molecule has 0 aliphatic heterocycles. The molecule has 0 aliphatic rings. The molecule has 0 fully saturated rings. The van der Waals surface area contributed by atoms with Gasteiger partial charge in [0.1, 0.15) is 0 Å². The largest absolute Gasteiger partial charge is 0.294 e. The van der Waals surface area contributed by atoms with Crippen molar-refractivity contribution in [2.45, 2.75) is 19.8 Å². The van der Waals surface area contributed by atoms with E-state index in [1.165, 1.54) is 5.56 Å². The third-order valence-corrected chi connectivity index (χ3v) is 3.15. The van der Waals surface area contributed by atoms with Gasteiger partial charge in [-0.1, -0.05) is 48.9 Å². The van der Waals surface area contributed by atoms with E-state index in [2.05, 4.69) is 6.92 Å². The molecule has 0 saturated heterocycles. The highest BCUT2D eigenvalue weighted by Gasteiger charge is 2.07. The highest BCUT2D eigenvalue weighted by atomic mass is 35.5. The van der Waals surface area contributed by atoms with Crippen LogP contribution < -0.4 is 0 Å². The summed E-state index contributed by atoms with van der Waals surface area (Å²) in [7, 11) is 0. The number of hydrogen-bond donors (Lipinski definition) is 0. The van der Waals surface area contributed by atoms with E-state index < -0.39 is 0 Å². The number of carbonyl (C=O) groups is 1. The molecule has 0 aromatic heterocycles. The smallest absolute Gasteiger partial charge is 0.167 e. The number of carbonyl (C=O) groups excluding carboxylic acids is 1. The van der Waals surface area contributed by atoms with Crippen molar-refractivity contribution in [2.75, 3.05) is 0 Å². The first kappa shape index (κ1) is 12.8. The molecule has 2 aromatic rings. The van der Waals surface area contributed by atoms with Gasteiger partial charge in [0.2, 0.25) is 0 Å². The maximum absolute atomic E-state index is 12.2. The predicted molar refractivity (Wildman–Crippen MR) is 75.3 cm³/mol. The van der Waals surface area contributed by atoms with Gasteiger partial charge in [0, 0.05) is 17.0 Å². The Bertz CT molecular complexity index is 561. The fourth-order valence-electron chi connectivity index (χ4n) is 1.90. The van der Waals surface area contributed by atoms with Crippen LogP contribution in [0, 0.1) is 0 Å². The molecule has 0 amide bonds. The van der Waals surface area contributed by atoms with Crippen LogP contribution in [0.25, 0.3) is 0 Å². The first-order chi connectivity index (χ1) is 8.69. The van der Waals surface area contributed by atoms with Gasteiger partial charge >= 0.3 is 0 Å². The van der Waals surface area contributed by atoms with E-state index in [-0.39, 0.29) is 5.78 Å². The lowest BCUT2D eigenvalue weighted by Crippen LogP contribution is -2.04. The summed E-state index contributed by atoms with van der Waals surface area (Å²) in [5, 5.41) is 0.669. The normalized spacial score (nSPS) is 10.3. The van der Waals surface area contributed by atoms with Gasteiger partial charge in [0.15, 0.2) is 5.78 Å². The molecule has 2 heteroatoms. The maximum atomic E-state index is 12.2. The van der Waals surface area contributed by atoms with Crippen molar-refractivity contribution < 1.29 is 4.79 Å². The predicted octanol–water partition coefficient (Wildman–Crippen LogP) is 4.33. The molecule has 0 heterocycles. The monoisotopic (exact) mass is 258 g/mol. The highest BCUT2D eigenvalue weighted by molar-refractivity contribution is 6.30. The Kier molecular flexibility index (Phi) is 4.16. The number of benzene rings is 2. The van der Waals surface area contributed by atoms with E-state index in [0.717, 1.165) is 17.5 Å². The van der Waals surface area contributed by atoms with Crippen LogP contribution in [0.1, 0.15) is 28.4 Å². The zero-order valence-corrected chi connectivity index (χ0v) is 11.1. The Hall–Kier alpha value is -1.60. The Balaban J connectivity index is 2.16. The summed E-state index contributed by atoms with van der Waals surface area (Å²) in [6.45, 7) is 2.08. The van der Waals surface area contributed by atoms with Crippen LogP contribution in [0.4, 0.5) is 0 Å². The Labute approximate surface area is 112 Å². The minimum Gasteiger partial charge on any atom is -0.294 e. The van der Waals surface area contributed by atoms with Gasteiger partial charge in [-0.3, -0.25) is 4.79 Å². The molecule has 0 atom stereocenters. The number of hydrogen-bond acceptors (Lipinski definition) is 1. The summed E-state index contributed by atoms with van der Waals surface area (Å²) in [5.74, 6) is 0.132. The molecular weight excluding hydrogens is 244 g/mol. The summed E-state index contributed by atoms with van der Waals surface area (Å²) in [4.78, 5) is 12.2. The van der Waals surface area contributed by atoms with Crippen molar-refractivity contribution in [3.63, 3.8) is 0 Å². The molecule has 2 rings (SSSR count). The van der Waals surface area contributed by atoms with E-state index in [1.54, 1.807) is 0 Å². The second kappa shape index (κ2) is 5.83. The Morgan fingerprint density at radius 2 is 1.78 bits per heavy atom. The van der Waals surface area contributed by atoms with Crippen molar-refractivity contribution in [3.8, 4) is 0 Å². The molecule has 18 heavy (non-hydrogen) atoms. The van der Waals surface area contributed by atoms with Crippen LogP contribution in [0.5, 0.6) is 0 Å². The molecular formula is C16H15ClO. The van der Waals surface area contributed by atoms with Gasteiger partial charge < -0.3 is 0 Å². The minimum atomic E-state index is 0.132. The summed E-state index contributed by atoms with van der Waals surface area (Å²) in [6.07, 6.45) is 1.34. The quantitative estimate of drug-likeness (QED) is 0.746. The van der Waals surface area contributed by atoms with Crippen LogP contribution in [0.2, 0.25) is 5.02 Å². The minimum absolute atomic E-state index is 0.132. The van der Waals surface area contributed by atoms with Gasteiger partial charge in [-0.2, -0.15) is 0 Å². The number of ketones is 1. The van der Waals surface area contributed by atoms with E-state index in [4.69, 9.17) is 11.6 Å². The molecule has 0 N–H and O–H groups in total. The topological polar surface area (TPSA) is 17.1 Å². The zero-order chi connectivity index (χ0) is 13.0. The SMILES string of the molecule is CCc1cccc(C(=O)Cc2cccc(Cl)c2)c1. The Morgan fingerprint density at radius 3 is 2.50 bits per heavy atom. The van der Waals surface area contributed by atoms with E-state index in [0.29, 0.717) is 11.4 Å². The summed E-state index contributed by atoms with van der Waals surface area (Å²) >= 11 is 5.91. The second-order valence-corrected chi connectivity index (χ2v) is 4.72. The number of Topliss-reactive ketones (excluding diaryl/α,β-unsaturated/α-hetero) is 1. The van der Waals surface area contributed by atoms with E-state index in [9.17, 15) is 4.79 Å². The highest BCUT2D eigenvalue weighted by Crippen LogP contribution is 2.14. The maximum Gasteiger partial charge on any atom is 0.167 e. The molecule has 0 bridgehead atoms. The van der Waals surface area contributed by atoms with Crippen LogP contribution >= 0.6 is 11.6 Å². The third-order valence-electron chi connectivity index (χ3n) is 2.91. The zero-order valence-electron chi connectivity index (χ0n) is 10.3. The van der Waals surface area contributed by atoms with Crippen LogP contribution in [0.15, 0.2) is 48.5 Å². The Morgan fingerprint density at radius 1 is 1.06 bits per heavy atom. The molecule has 0 aliphatic carbocycles. The molecule has 0 spiro atoms.